The van der Waals surface area contributed by atoms with Crippen molar-refractivity contribution in [3.63, 3.8) is 0 Å². The molecule has 0 aliphatic rings. The lowest BCUT2D eigenvalue weighted by Crippen LogP contribution is -2.34. The zero-order chi connectivity index (χ0) is 15.5. The number of amides is 1. The van der Waals surface area contributed by atoms with E-state index in [-0.39, 0.29) is 0 Å². The van der Waals surface area contributed by atoms with E-state index < -0.39 is 11.7 Å². The van der Waals surface area contributed by atoms with E-state index in [2.05, 4.69) is 16.4 Å². The van der Waals surface area contributed by atoms with Crippen LogP contribution in [0.25, 0.3) is 11.0 Å². The molecule has 0 radical (unpaired) electrons. The number of fused-ring (bicyclic) bond motifs is 1. The van der Waals surface area contributed by atoms with E-state index in [9.17, 15) is 4.79 Å². The SMILES string of the molecule is CC(C)(C)OC(=O)NCCn1ccc2cc(C#N)cnc21. The van der Waals surface area contributed by atoms with E-state index in [1.54, 1.807) is 12.3 Å². The molecular weight excluding hydrogens is 268 g/mol. The Balaban J connectivity index is 1.95. The summed E-state index contributed by atoms with van der Waals surface area (Å²) >= 11 is 0. The summed E-state index contributed by atoms with van der Waals surface area (Å²) in [5.74, 6) is 0. The van der Waals surface area contributed by atoms with Crippen molar-refractivity contribution in [2.75, 3.05) is 6.54 Å². The molecule has 2 heterocycles. The van der Waals surface area contributed by atoms with Crippen LogP contribution < -0.4 is 5.32 Å². The van der Waals surface area contributed by atoms with Gasteiger partial charge in [0.25, 0.3) is 0 Å². The summed E-state index contributed by atoms with van der Waals surface area (Å²) in [6, 6.07) is 5.75. The molecule has 0 aromatic carbocycles. The molecular formula is C15H18N4O2. The largest absolute Gasteiger partial charge is 0.444 e. The van der Waals surface area contributed by atoms with Gasteiger partial charge in [0.1, 0.15) is 17.3 Å². The monoisotopic (exact) mass is 286 g/mol. The molecule has 2 rings (SSSR count). The van der Waals surface area contributed by atoms with Crippen molar-refractivity contribution in [2.45, 2.75) is 32.9 Å². The van der Waals surface area contributed by atoms with Crippen LogP contribution in [0.3, 0.4) is 0 Å². The Hall–Kier alpha value is -2.55. The molecule has 0 saturated heterocycles. The van der Waals surface area contributed by atoms with E-state index in [1.165, 1.54) is 0 Å². The lowest BCUT2D eigenvalue weighted by molar-refractivity contribution is 0.0526. The molecule has 0 fully saturated rings. The number of alkyl carbamates (subject to hydrolysis) is 1. The summed E-state index contributed by atoms with van der Waals surface area (Å²) in [4.78, 5) is 15.8. The van der Waals surface area contributed by atoms with Crippen molar-refractivity contribution in [3.05, 3.63) is 30.1 Å². The fraction of sp³-hybridized carbons (Fsp3) is 0.400. The van der Waals surface area contributed by atoms with Crippen molar-refractivity contribution in [1.82, 2.24) is 14.9 Å². The zero-order valence-corrected chi connectivity index (χ0v) is 12.4. The highest BCUT2D eigenvalue weighted by Gasteiger charge is 2.15. The summed E-state index contributed by atoms with van der Waals surface area (Å²) in [6.45, 7) is 6.50. The lowest BCUT2D eigenvalue weighted by Gasteiger charge is -2.19. The number of carbonyl (C=O) groups excluding carboxylic acids is 1. The van der Waals surface area contributed by atoms with Crippen LogP contribution in [0.5, 0.6) is 0 Å². The van der Waals surface area contributed by atoms with Gasteiger partial charge in [-0.15, -0.1) is 0 Å². The highest BCUT2D eigenvalue weighted by molar-refractivity contribution is 5.77. The van der Waals surface area contributed by atoms with Gasteiger partial charge >= 0.3 is 6.09 Å². The van der Waals surface area contributed by atoms with Crippen molar-refractivity contribution < 1.29 is 9.53 Å². The number of carbonyl (C=O) groups is 1. The molecule has 110 valence electrons. The van der Waals surface area contributed by atoms with Crippen LogP contribution in [0.1, 0.15) is 26.3 Å². The number of hydrogen-bond donors (Lipinski definition) is 1. The highest BCUT2D eigenvalue weighted by Crippen LogP contribution is 2.14. The second-order valence-electron chi connectivity index (χ2n) is 5.69. The lowest BCUT2D eigenvalue weighted by atomic mass is 10.2. The molecule has 6 nitrogen and oxygen atoms in total. The minimum Gasteiger partial charge on any atom is -0.444 e. The number of ether oxygens (including phenoxy) is 1. The van der Waals surface area contributed by atoms with E-state index in [1.807, 2.05) is 37.6 Å². The number of nitrogens with zero attached hydrogens (tertiary/aromatic N) is 3. The first-order chi connectivity index (χ1) is 9.89. The van der Waals surface area contributed by atoms with Crippen LogP contribution in [-0.4, -0.2) is 27.8 Å². The molecule has 6 heteroatoms. The molecule has 1 amide bonds. The predicted molar refractivity (Wildman–Crippen MR) is 78.7 cm³/mol. The third-order valence-electron chi connectivity index (χ3n) is 2.75. The van der Waals surface area contributed by atoms with E-state index in [0.717, 1.165) is 11.0 Å². The van der Waals surface area contributed by atoms with Crippen LogP contribution in [-0.2, 0) is 11.3 Å². The van der Waals surface area contributed by atoms with Gasteiger partial charge in [-0.25, -0.2) is 9.78 Å². The van der Waals surface area contributed by atoms with Crippen LogP contribution in [0, 0.1) is 11.3 Å². The number of rotatable bonds is 3. The number of pyridine rings is 1. The first-order valence-corrected chi connectivity index (χ1v) is 6.71. The Kier molecular flexibility index (Phi) is 4.13. The van der Waals surface area contributed by atoms with Crippen LogP contribution >= 0.6 is 0 Å². The summed E-state index contributed by atoms with van der Waals surface area (Å²) < 4.78 is 7.09. The number of aromatic nitrogens is 2. The second-order valence-corrected chi connectivity index (χ2v) is 5.69. The summed E-state index contributed by atoms with van der Waals surface area (Å²) in [5.41, 5.74) is 0.826. The fourth-order valence-electron chi connectivity index (χ4n) is 1.91. The van der Waals surface area contributed by atoms with Crippen LogP contribution in [0.4, 0.5) is 4.79 Å². The normalized spacial score (nSPS) is 11.1. The molecule has 0 unspecified atom stereocenters. The van der Waals surface area contributed by atoms with Gasteiger partial charge in [0.2, 0.25) is 0 Å². The van der Waals surface area contributed by atoms with E-state index in [4.69, 9.17) is 10.00 Å². The maximum Gasteiger partial charge on any atom is 0.407 e. The van der Waals surface area contributed by atoms with Crippen LogP contribution in [0.15, 0.2) is 24.5 Å². The number of hydrogen-bond acceptors (Lipinski definition) is 4. The second kappa shape index (κ2) is 5.83. The van der Waals surface area contributed by atoms with Gasteiger partial charge in [0.05, 0.1) is 5.56 Å². The molecule has 21 heavy (non-hydrogen) atoms. The molecule has 2 aromatic heterocycles. The molecule has 0 aliphatic heterocycles. The zero-order valence-electron chi connectivity index (χ0n) is 12.4. The van der Waals surface area contributed by atoms with Crippen molar-refractivity contribution in [1.29, 1.82) is 5.26 Å². The minimum atomic E-state index is -0.501. The maximum absolute atomic E-state index is 11.5. The van der Waals surface area contributed by atoms with Gasteiger partial charge in [0, 0.05) is 30.9 Å². The third-order valence-corrected chi connectivity index (χ3v) is 2.75. The van der Waals surface area contributed by atoms with Crippen molar-refractivity contribution in [3.8, 4) is 6.07 Å². The Morgan fingerprint density at radius 2 is 2.29 bits per heavy atom. The Morgan fingerprint density at radius 1 is 1.52 bits per heavy atom. The average Bonchev–Trinajstić information content (AvgIpc) is 2.79. The molecule has 0 bridgehead atoms. The third kappa shape index (κ3) is 3.96. The molecule has 2 aromatic rings. The van der Waals surface area contributed by atoms with Crippen molar-refractivity contribution >= 4 is 17.1 Å². The standard InChI is InChI=1S/C15H18N4O2/c1-15(2,3)21-14(20)17-5-7-19-6-4-12-8-11(9-16)10-18-13(12)19/h4,6,8,10H,5,7H2,1-3H3,(H,17,20). The fourth-order valence-corrected chi connectivity index (χ4v) is 1.91. The summed E-state index contributed by atoms with van der Waals surface area (Å²) in [6.07, 6.45) is 2.99. The Morgan fingerprint density at radius 3 is 2.95 bits per heavy atom. The van der Waals surface area contributed by atoms with Gasteiger partial charge in [-0.05, 0) is 32.9 Å². The quantitative estimate of drug-likeness (QED) is 0.939. The topological polar surface area (TPSA) is 79.9 Å². The van der Waals surface area contributed by atoms with Gasteiger partial charge < -0.3 is 14.6 Å². The van der Waals surface area contributed by atoms with E-state index >= 15 is 0 Å². The smallest absolute Gasteiger partial charge is 0.407 e. The van der Waals surface area contributed by atoms with Crippen LogP contribution in [0.2, 0.25) is 0 Å². The van der Waals surface area contributed by atoms with Crippen molar-refractivity contribution in [2.24, 2.45) is 0 Å². The Labute approximate surface area is 123 Å². The Bertz CT molecular complexity index is 692. The average molecular weight is 286 g/mol. The molecule has 0 aliphatic carbocycles. The van der Waals surface area contributed by atoms with Gasteiger partial charge in [-0.2, -0.15) is 5.26 Å². The summed E-state index contributed by atoms with van der Waals surface area (Å²) in [5, 5.41) is 12.5. The molecule has 0 spiro atoms. The molecule has 0 atom stereocenters. The van der Waals surface area contributed by atoms with Gasteiger partial charge in [-0.1, -0.05) is 0 Å². The van der Waals surface area contributed by atoms with Gasteiger partial charge in [-0.3, -0.25) is 0 Å². The minimum absolute atomic E-state index is 0.432. The number of nitrogens with one attached hydrogen (secondary N) is 1. The highest BCUT2D eigenvalue weighted by atomic mass is 16.6. The summed E-state index contributed by atoms with van der Waals surface area (Å²) in [7, 11) is 0. The number of nitriles is 1. The predicted octanol–water partition coefficient (Wildman–Crippen LogP) is 2.43. The maximum atomic E-state index is 11.5. The first-order valence-electron chi connectivity index (χ1n) is 6.71. The van der Waals surface area contributed by atoms with E-state index in [0.29, 0.717) is 18.7 Å². The molecule has 0 saturated carbocycles. The molecule has 1 N–H and O–H groups in total. The first kappa shape index (κ1) is 14.9. The van der Waals surface area contributed by atoms with Gasteiger partial charge in [0.15, 0.2) is 0 Å².